The van der Waals surface area contributed by atoms with Crippen molar-refractivity contribution < 1.29 is 4.39 Å². The van der Waals surface area contributed by atoms with E-state index in [9.17, 15) is 4.39 Å². The van der Waals surface area contributed by atoms with Crippen LogP contribution in [-0.2, 0) is 0 Å². The molecule has 1 aliphatic rings. The quantitative estimate of drug-likeness (QED) is 0.782. The molecule has 0 saturated heterocycles. The Morgan fingerprint density at radius 1 is 1.32 bits per heavy atom. The van der Waals surface area contributed by atoms with Gasteiger partial charge in [0.1, 0.15) is 5.82 Å². The van der Waals surface area contributed by atoms with E-state index in [1.807, 2.05) is 13.0 Å². The minimum atomic E-state index is -0.124. The molecule has 106 valence electrons. The molecule has 1 N–H and O–H groups in total. The number of rotatable bonds is 5. The molecule has 1 atom stereocenters. The van der Waals surface area contributed by atoms with Gasteiger partial charge in [-0.05, 0) is 44.0 Å². The smallest absolute Gasteiger partial charge is 0.128 e. The average Bonchev–Trinajstić information content (AvgIpc) is 2.42. The topological polar surface area (TPSA) is 12.0 Å². The third kappa shape index (κ3) is 4.57. The number of halogens is 2. The molecule has 0 bridgehead atoms. The van der Waals surface area contributed by atoms with Crippen molar-refractivity contribution in [2.45, 2.75) is 51.5 Å². The van der Waals surface area contributed by atoms with Gasteiger partial charge >= 0.3 is 0 Å². The lowest BCUT2D eigenvalue weighted by atomic mass is 9.87. The molecular formula is C16H23BrFN. The summed E-state index contributed by atoms with van der Waals surface area (Å²) in [6.07, 6.45) is 8.16. The van der Waals surface area contributed by atoms with E-state index in [1.54, 1.807) is 6.07 Å². The van der Waals surface area contributed by atoms with Crippen molar-refractivity contribution in [2.75, 3.05) is 6.54 Å². The van der Waals surface area contributed by atoms with Crippen molar-refractivity contribution >= 4 is 15.9 Å². The molecule has 0 spiro atoms. The van der Waals surface area contributed by atoms with Gasteiger partial charge in [-0.2, -0.15) is 0 Å². The fourth-order valence-corrected chi connectivity index (χ4v) is 3.31. The molecule has 1 saturated carbocycles. The summed E-state index contributed by atoms with van der Waals surface area (Å²) in [4.78, 5) is 0. The highest BCUT2D eigenvalue weighted by Gasteiger charge is 2.15. The van der Waals surface area contributed by atoms with Gasteiger partial charge in [-0.15, -0.1) is 0 Å². The second kappa shape index (κ2) is 7.39. The van der Waals surface area contributed by atoms with Gasteiger partial charge in [0.15, 0.2) is 0 Å². The van der Waals surface area contributed by atoms with Gasteiger partial charge in [-0.25, -0.2) is 4.39 Å². The number of benzene rings is 1. The van der Waals surface area contributed by atoms with Crippen LogP contribution in [0, 0.1) is 11.7 Å². The number of hydrogen-bond acceptors (Lipinski definition) is 1. The normalized spacial score (nSPS) is 18.5. The monoisotopic (exact) mass is 327 g/mol. The first-order valence-electron chi connectivity index (χ1n) is 7.35. The van der Waals surface area contributed by atoms with Crippen molar-refractivity contribution in [3.63, 3.8) is 0 Å². The van der Waals surface area contributed by atoms with Crippen LogP contribution in [0.2, 0.25) is 0 Å². The molecule has 0 aromatic heterocycles. The predicted molar refractivity (Wildman–Crippen MR) is 81.7 cm³/mol. The van der Waals surface area contributed by atoms with Crippen molar-refractivity contribution in [1.29, 1.82) is 0 Å². The molecule has 0 radical (unpaired) electrons. The van der Waals surface area contributed by atoms with Crippen LogP contribution in [0.4, 0.5) is 4.39 Å². The molecule has 0 aliphatic heterocycles. The van der Waals surface area contributed by atoms with Crippen molar-refractivity contribution in [1.82, 2.24) is 5.32 Å². The van der Waals surface area contributed by atoms with Gasteiger partial charge in [0.05, 0.1) is 0 Å². The first-order valence-corrected chi connectivity index (χ1v) is 8.14. The zero-order valence-corrected chi connectivity index (χ0v) is 13.2. The summed E-state index contributed by atoms with van der Waals surface area (Å²) in [7, 11) is 0. The summed E-state index contributed by atoms with van der Waals surface area (Å²) in [5, 5.41) is 3.45. The molecule has 1 nitrogen and oxygen atoms in total. The lowest BCUT2D eigenvalue weighted by Gasteiger charge is -2.23. The van der Waals surface area contributed by atoms with Crippen LogP contribution >= 0.6 is 15.9 Å². The van der Waals surface area contributed by atoms with E-state index < -0.39 is 0 Å². The highest BCUT2D eigenvalue weighted by atomic mass is 79.9. The molecule has 1 fully saturated rings. The SMILES string of the molecule is CC(NCCC1CCCCC1)c1cc(Br)ccc1F. The third-order valence-corrected chi connectivity index (χ3v) is 4.65. The molecular weight excluding hydrogens is 305 g/mol. The molecule has 19 heavy (non-hydrogen) atoms. The minimum absolute atomic E-state index is 0.0705. The fraction of sp³-hybridized carbons (Fsp3) is 0.625. The van der Waals surface area contributed by atoms with Crippen LogP contribution in [0.1, 0.15) is 57.1 Å². The van der Waals surface area contributed by atoms with Crippen molar-refractivity contribution in [2.24, 2.45) is 5.92 Å². The van der Waals surface area contributed by atoms with E-state index in [0.29, 0.717) is 0 Å². The summed E-state index contributed by atoms with van der Waals surface area (Å²) in [6, 6.07) is 5.21. The largest absolute Gasteiger partial charge is 0.310 e. The summed E-state index contributed by atoms with van der Waals surface area (Å²) in [5.74, 6) is 0.752. The van der Waals surface area contributed by atoms with Gasteiger partial charge in [-0.1, -0.05) is 48.0 Å². The Labute approximate surface area is 124 Å². The van der Waals surface area contributed by atoms with Crippen molar-refractivity contribution in [3.05, 3.63) is 34.1 Å². The van der Waals surface area contributed by atoms with Crippen LogP contribution in [-0.4, -0.2) is 6.54 Å². The summed E-state index contributed by atoms with van der Waals surface area (Å²) >= 11 is 3.40. The molecule has 1 aromatic rings. The Bertz CT molecular complexity index is 402. The maximum absolute atomic E-state index is 13.7. The van der Waals surface area contributed by atoms with Crippen LogP contribution in [0.25, 0.3) is 0 Å². The first-order chi connectivity index (χ1) is 9.16. The van der Waals surface area contributed by atoms with Crippen LogP contribution in [0.3, 0.4) is 0 Å². The summed E-state index contributed by atoms with van der Waals surface area (Å²) < 4.78 is 14.7. The molecule has 1 aliphatic carbocycles. The maximum Gasteiger partial charge on any atom is 0.128 e. The predicted octanol–water partition coefficient (Wildman–Crippen LogP) is 5.21. The standard InChI is InChI=1S/C16H23BrFN/c1-12(15-11-14(17)7-8-16(15)18)19-10-9-13-5-3-2-4-6-13/h7-8,11-13,19H,2-6,9-10H2,1H3. The van der Waals surface area contributed by atoms with Crippen molar-refractivity contribution in [3.8, 4) is 0 Å². The van der Waals surface area contributed by atoms with E-state index >= 15 is 0 Å². The molecule has 0 amide bonds. The zero-order valence-electron chi connectivity index (χ0n) is 11.6. The summed E-state index contributed by atoms with van der Waals surface area (Å²) in [5.41, 5.74) is 0.748. The first kappa shape index (κ1) is 15.0. The highest BCUT2D eigenvalue weighted by Crippen LogP contribution is 2.26. The molecule has 3 heteroatoms. The Morgan fingerprint density at radius 3 is 2.79 bits per heavy atom. The van der Waals surface area contributed by atoms with E-state index in [0.717, 1.165) is 22.5 Å². The molecule has 1 unspecified atom stereocenters. The van der Waals surface area contributed by atoms with Gasteiger partial charge < -0.3 is 5.32 Å². The Hall–Kier alpha value is -0.410. The zero-order chi connectivity index (χ0) is 13.7. The fourth-order valence-electron chi connectivity index (χ4n) is 2.94. The van der Waals surface area contributed by atoms with E-state index in [-0.39, 0.29) is 11.9 Å². The second-order valence-electron chi connectivity index (χ2n) is 5.63. The second-order valence-corrected chi connectivity index (χ2v) is 6.55. The van der Waals surface area contributed by atoms with Crippen LogP contribution in [0.5, 0.6) is 0 Å². The van der Waals surface area contributed by atoms with Crippen LogP contribution < -0.4 is 5.32 Å². The minimum Gasteiger partial charge on any atom is -0.310 e. The molecule has 2 rings (SSSR count). The lowest BCUT2D eigenvalue weighted by Crippen LogP contribution is -2.23. The molecule has 1 aromatic carbocycles. The van der Waals surface area contributed by atoms with Crippen LogP contribution in [0.15, 0.2) is 22.7 Å². The van der Waals surface area contributed by atoms with Gasteiger partial charge in [-0.3, -0.25) is 0 Å². The molecule has 0 heterocycles. The Morgan fingerprint density at radius 2 is 2.05 bits per heavy atom. The Kier molecular flexibility index (Phi) is 5.83. The van der Waals surface area contributed by atoms with Gasteiger partial charge in [0.2, 0.25) is 0 Å². The lowest BCUT2D eigenvalue weighted by molar-refractivity contribution is 0.329. The van der Waals surface area contributed by atoms with E-state index in [2.05, 4.69) is 21.2 Å². The third-order valence-electron chi connectivity index (χ3n) is 4.15. The average molecular weight is 328 g/mol. The van der Waals surface area contributed by atoms with Gasteiger partial charge in [0, 0.05) is 16.1 Å². The highest BCUT2D eigenvalue weighted by molar-refractivity contribution is 9.10. The number of hydrogen-bond donors (Lipinski definition) is 1. The Balaban J connectivity index is 1.80. The van der Waals surface area contributed by atoms with E-state index in [1.165, 1.54) is 44.6 Å². The van der Waals surface area contributed by atoms with Gasteiger partial charge in [0.25, 0.3) is 0 Å². The summed E-state index contributed by atoms with van der Waals surface area (Å²) in [6.45, 7) is 3.02. The number of nitrogens with one attached hydrogen (secondary N) is 1. The van der Waals surface area contributed by atoms with E-state index in [4.69, 9.17) is 0 Å². The maximum atomic E-state index is 13.7.